The lowest BCUT2D eigenvalue weighted by molar-refractivity contribution is 1.01. The van der Waals surface area contributed by atoms with Gasteiger partial charge in [-0.25, -0.2) is 0 Å². The molecule has 0 fully saturated rings. The van der Waals surface area contributed by atoms with E-state index in [0.29, 0.717) is 0 Å². The Morgan fingerprint density at radius 3 is 0.833 bits per heavy atom. The SMILES string of the molecule is c1ccc2c(c1)Cc1cc3cc4cc5c(cc4cc3cc1C2)Cc1ccccc1C5. The van der Waals surface area contributed by atoms with Crippen molar-refractivity contribution in [1.82, 2.24) is 0 Å². The van der Waals surface area contributed by atoms with E-state index in [-0.39, 0.29) is 0 Å². The maximum atomic E-state index is 2.44. The molecule has 0 atom stereocenters. The van der Waals surface area contributed by atoms with Crippen molar-refractivity contribution in [2.24, 2.45) is 0 Å². The Kier molecular flexibility index (Phi) is 3.32. The molecule has 0 unspecified atom stereocenters. The number of rotatable bonds is 0. The lowest BCUT2D eigenvalue weighted by Crippen LogP contribution is -2.07. The van der Waals surface area contributed by atoms with Crippen LogP contribution in [0.15, 0.2) is 84.9 Å². The molecule has 5 aromatic carbocycles. The minimum Gasteiger partial charge on any atom is -0.0620 e. The van der Waals surface area contributed by atoms with Gasteiger partial charge in [0.2, 0.25) is 0 Å². The van der Waals surface area contributed by atoms with E-state index >= 15 is 0 Å². The summed E-state index contributed by atoms with van der Waals surface area (Å²) in [5, 5.41) is 5.49. The van der Waals surface area contributed by atoms with Gasteiger partial charge in [0.05, 0.1) is 0 Å². The molecule has 5 aromatic rings. The zero-order valence-electron chi connectivity index (χ0n) is 16.9. The molecule has 0 aromatic heterocycles. The average molecular weight is 383 g/mol. The van der Waals surface area contributed by atoms with Gasteiger partial charge in [-0.1, -0.05) is 72.8 Å². The van der Waals surface area contributed by atoms with Crippen LogP contribution in [0.4, 0.5) is 0 Å². The summed E-state index contributed by atoms with van der Waals surface area (Å²) in [6, 6.07) is 32.4. The molecule has 0 saturated carbocycles. The molecule has 30 heavy (non-hydrogen) atoms. The van der Waals surface area contributed by atoms with Gasteiger partial charge in [0.15, 0.2) is 0 Å². The summed E-state index contributed by atoms with van der Waals surface area (Å²) in [7, 11) is 0. The highest BCUT2D eigenvalue weighted by Crippen LogP contribution is 2.35. The van der Waals surface area contributed by atoms with Crippen molar-refractivity contribution in [1.29, 1.82) is 0 Å². The number of hydrogen-bond acceptors (Lipinski definition) is 0. The Morgan fingerprint density at radius 1 is 0.300 bits per heavy atom. The first-order valence-electron chi connectivity index (χ1n) is 10.9. The second kappa shape index (κ2) is 6.06. The molecule has 2 aliphatic carbocycles. The molecule has 0 heterocycles. The third-order valence-corrected chi connectivity index (χ3v) is 7.19. The third-order valence-electron chi connectivity index (χ3n) is 7.19. The van der Waals surface area contributed by atoms with E-state index in [4.69, 9.17) is 0 Å². The molecular formula is C30H22. The molecule has 0 spiro atoms. The van der Waals surface area contributed by atoms with E-state index < -0.39 is 0 Å². The van der Waals surface area contributed by atoms with Crippen LogP contribution in [0.5, 0.6) is 0 Å². The average Bonchev–Trinajstić information content (AvgIpc) is 2.77. The monoisotopic (exact) mass is 382 g/mol. The topological polar surface area (TPSA) is 0 Å². The lowest BCUT2D eigenvalue weighted by Gasteiger charge is -2.22. The number of benzene rings is 5. The molecule has 0 heteroatoms. The molecule has 142 valence electrons. The Balaban J connectivity index is 1.38. The highest BCUT2D eigenvalue weighted by atomic mass is 14.2. The highest BCUT2D eigenvalue weighted by Gasteiger charge is 2.18. The number of hydrogen-bond donors (Lipinski definition) is 0. The molecule has 0 radical (unpaired) electrons. The summed E-state index contributed by atoms with van der Waals surface area (Å²) >= 11 is 0. The van der Waals surface area contributed by atoms with E-state index in [1.54, 1.807) is 0 Å². The minimum absolute atomic E-state index is 1.06. The molecule has 0 bridgehead atoms. The van der Waals surface area contributed by atoms with Crippen molar-refractivity contribution in [3.05, 3.63) is 129 Å². The lowest BCUT2D eigenvalue weighted by atomic mass is 9.83. The first kappa shape index (κ1) is 16.4. The van der Waals surface area contributed by atoms with Gasteiger partial charge < -0.3 is 0 Å². The Hall–Kier alpha value is -3.38. The molecule has 0 amide bonds. The van der Waals surface area contributed by atoms with Crippen molar-refractivity contribution in [2.75, 3.05) is 0 Å². The summed E-state index contributed by atoms with van der Waals surface area (Å²) in [5.41, 5.74) is 11.9. The van der Waals surface area contributed by atoms with E-state index in [1.807, 2.05) is 0 Å². The Morgan fingerprint density at radius 2 is 0.567 bits per heavy atom. The van der Waals surface area contributed by atoms with Crippen LogP contribution in [0.3, 0.4) is 0 Å². The standard InChI is InChI=1S/C30H22/c1-2-6-20-10-24-14-28-18-30-16-26-12-22-8-4-3-7-21(22)11-25(26)15-29(30)17-27(28)13-23(24)9-19(20)5-1/h1-8,13-18H,9-12H2. The van der Waals surface area contributed by atoms with Gasteiger partial charge in [-0.15, -0.1) is 0 Å². The smallest absolute Gasteiger partial charge is 0.00199 e. The van der Waals surface area contributed by atoms with Crippen LogP contribution in [0, 0.1) is 0 Å². The van der Waals surface area contributed by atoms with Gasteiger partial charge in [0.25, 0.3) is 0 Å². The predicted octanol–water partition coefficient (Wildman–Crippen LogP) is 6.98. The van der Waals surface area contributed by atoms with Crippen LogP contribution in [0.1, 0.15) is 44.5 Å². The first-order chi connectivity index (χ1) is 14.8. The van der Waals surface area contributed by atoms with Crippen molar-refractivity contribution < 1.29 is 0 Å². The van der Waals surface area contributed by atoms with Crippen LogP contribution in [-0.4, -0.2) is 0 Å². The van der Waals surface area contributed by atoms with Crippen LogP contribution >= 0.6 is 0 Å². The summed E-state index contributed by atoms with van der Waals surface area (Å²) in [6.45, 7) is 0. The molecular weight excluding hydrogens is 360 g/mol. The molecule has 7 rings (SSSR count). The van der Waals surface area contributed by atoms with Gasteiger partial charge in [-0.3, -0.25) is 0 Å². The second-order valence-electron chi connectivity index (χ2n) is 9.03. The second-order valence-corrected chi connectivity index (χ2v) is 9.03. The number of fused-ring (bicyclic) bond motifs is 6. The van der Waals surface area contributed by atoms with Crippen LogP contribution in [0.2, 0.25) is 0 Å². The van der Waals surface area contributed by atoms with E-state index in [2.05, 4.69) is 84.9 Å². The molecule has 2 aliphatic rings. The van der Waals surface area contributed by atoms with E-state index in [9.17, 15) is 0 Å². The van der Waals surface area contributed by atoms with Gasteiger partial charge in [-0.05, 0) is 104 Å². The summed E-state index contributed by atoms with van der Waals surface area (Å²) in [5.74, 6) is 0. The third kappa shape index (κ3) is 2.47. The predicted molar refractivity (Wildman–Crippen MR) is 126 cm³/mol. The maximum absolute atomic E-state index is 2.44. The van der Waals surface area contributed by atoms with Crippen molar-refractivity contribution in [3.63, 3.8) is 0 Å². The zero-order valence-corrected chi connectivity index (χ0v) is 16.9. The van der Waals surface area contributed by atoms with Gasteiger partial charge in [-0.2, -0.15) is 0 Å². The zero-order chi connectivity index (χ0) is 19.7. The summed E-state index contributed by atoms with van der Waals surface area (Å²) in [6.07, 6.45) is 4.22. The minimum atomic E-state index is 1.06. The molecule has 0 saturated heterocycles. The van der Waals surface area contributed by atoms with Gasteiger partial charge in [0.1, 0.15) is 0 Å². The Labute approximate surface area is 176 Å². The fraction of sp³-hybridized carbons (Fsp3) is 0.133. The molecule has 0 aliphatic heterocycles. The largest absolute Gasteiger partial charge is 0.0620 e. The van der Waals surface area contributed by atoms with Crippen LogP contribution in [-0.2, 0) is 25.7 Å². The van der Waals surface area contributed by atoms with Crippen molar-refractivity contribution in [2.45, 2.75) is 25.7 Å². The Bertz CT molecular complexity index is 1260. The normalized spacial score (nSPS) is 14.1. The fourth-order valence-corrected chi connectivity index (χ4v) is 5.57. The van der Waals surface area contributed by atoms with E-state index in [0.717, 1.165) is 25.7 Å². The van der Waals surface area contributed by atoms with Gasteiger partial charge in [0, 0.05) is 0 Å². The quantitative estimate of drug-likeness (QED) is 0.248. The van der Waals surface area contributed by atoms with E-state index in [1.165, 1.54) is 66.1 Å². The van der Waals surface area contributed by atoms with Gasteiger partial charge >= 0.3 is 0 Å². The molecule has 0 N–H and O–H groups in total. The van der Waals surface area contributed by atoms with Crippen LogP contribution < -0.4 is 0 Å². The maximum Gasteiger partial charge on any atom is -0.00199 e. The van der Waals surface area contributed by atoms with Crippen molar-refractivity contribution in [3.8, 4) is 0 Å². The fourth-order valence-electron chi connectivity index (χ4n) is 5.57. The summed E-state index contributed by atoms with van der Waals surface area (Å²) in [4.78, 5) is 0. The summed E-state index contributed by atoms with van der Waals surface area (Å²) < 4.78 is 0. The first-order valence-corrected chi connectivity index (χ1v) is 10.9. The highest BCUT2D eigenvalue weighted by molar-refractivity contribution is 5.99. The molecule has 0 nitrogen and oxygen atoms in total. The van der Waals surface area contributed by atoms with Crippen LogP contribution in [0.25, 0.3) is 21.5 Å². The van der Waals surface area contributed by atoms with Crippen molar-refractivity contribution >= 4 is 21.5 Å².